The summed E-state index contributed by atoms with van der Waals surface area (Å²) >= 11 is 0. The highest BCUT2D eigenvalue weighted by Crippen LogP contribution is 2.34. The van der Waals surface area contributed by atoms with E-state index in [2.05, 4.69) is 10.6 Å². The van der Waals surface area contributed by atoms with E-state index in [1.54, 1.807) is 44.2 Å². The van der Waals surface area contributed by atoms with Crippen molar-refractivity contribution in [2.45, 2.75) is 25.9 Å². The van der Waals surface area contributed by atoms with Crippen molar-refractivity contribution in [3.8, 4) is 23.0 Å². The van der Waals surface area contributed by atoms with E-state index in [1.165, 1.54) is 0 Å². The van der Waals surface area contributed by atoms with Gasteiger partial charge in [0.1, 0.15) is 19.3 Å². The van der Waals surface area contributed by atoms with Crippen LogP contribution in [-0.2, 0) is 17.8 Å². The average molecular weight is 441 g/mol. The summed E-state index contributed by atoms with van der Waals surface area (Å²) in [5.41, 5.74) is 2.70. The molecule has 0 saturated carbocycles. The Bertz CT molecular complexity index is 1030. The predicted octanol–water partition coefficient (Wildman–Crippen LogP) is 2.57. The second-order valence-electron chi connectivity index (χ2n) is 7.67. The van der Waals surface area contributed by atoms with Crippen molar-refractivity contribution in [3.63, 3.8) is 0 Å². The van der Waals surface area contributed by atoms with E-state index in [4.69, 9.17) is 18.9 Å². The topological polar surface area (TPSA) is 98.4 Å². The fraction of sp³-hybridized carbons (Fsp3) is 0.391. The van der Waals surface area contributed by atoms with Crippen LogP contribution in [0, 0.1) is 0 Å². The first-order chi connectivity index (χ1) is 15.5. The van der Waals surface area contributed by atoms with Crippen LogP contribution in [0.1, 0.15) is 18.1 Å². The van der Waals surface area contributed by atoms with Gasteiger partial charge in [-0.3, -0.25) is 4.79 Å². The molecule has 2 aromatic carbocycles. The number of carbonyl (C=O) groups excluding carboxylic acids is 2. The van der Waals surface area contributed by atoms with Crippen LogP contribution in [0.3, 0.4) is 0 Å². The number of anilines is 1. The summed E-state index contributed by atoms with van der Waals surface area (Å²) in [6.07, 6.45) is 0.695. The fourth-order valence-corrected chi connectivity index (χ4v) is 3.77. The molecule has 0 aliphatic carbocycles. The molecule has 1 unspecified atom stereocenters. The molecule has 32 heavy (non-hydrogen) atoms. The van der Waals surface area contributed by atoms with Crippen LogP contribution in [0.5, 0.6) is 23.0 Å². The summed E-state index contributed by atoms with van der Waals surface area (Å²) in [4.78, 5) is 27.1. The molecule has 0 aromatic heterocycles. The maximum Gasteiger partial charge on any atom is 0.318 e. The van der Waals surface area contributed by atoms with Gasteiger partial charge in [-0.1, -0.05) is 0 Å². The maximum atomic E-state index is 12.8. The number of amides is 3. The maximum absolute atomic E-state index is 12.8. The molecule has 2 aromatic rings. The van der Waals surface area contributed by atoms with Gasteiger partial charge in [-0.25, -0.2) is 4.79 Å². The largest absolute Gasteiger partial charge is 0.493 e. The number of rotatable bonds is 5. The van der Waals surface area contributed by atoms with Gasteiger partial charge < -0.3 is 34.5 Å². The zero-order valence-corrected chi connectivity index (χ0v) is 18.4. The van der Waals surface area contributed by atoms with Crippen LogP contribution in [0.4, 0.5) is 10.5 Å². The molecule has 4 rings (SSSR count). The number of nitrogens with zero attached hydrogens (tertiary/aromatic N) is 1. The van der Waals surface area contributed by atoms with Crippen molar-refractivity contribution in [1.82, 2.24) is 10.2 Å². The van der Waals surface area contributed by atoms with Crippen LogP contribution in [0.2, 0.25) is 0 Å². The quantitative estimate of drug-likeness (QED) is 0.740. The van der Waals surface area contributed by atoms with Crippen molar-refractivity contribution >= 4 is 17.6 Å². The summed E-state index contributed by atoms with van der Waals surface area (Å²) in [5, 5.41) is 5.58. The standard InChI is InChI=1S/C23H27N3O6/c1-14(22(27)25-17-4-5-18-21(12-17)32-9-8-31-18)24-23(28)26-7-6-15-10-19(29-2)20(30-3)11-16(15)13-26/h4-5,10-12,14H,6-9,13H2,1-3H3,(H,24,28)(H,25,27). The van der Waals surface area contributed by atoms with Crippen LogP contribution in [0.25, 0.3) is 0 Å². The molecule has 3 amide bonds. The first kappa shape index (κ1) is 21.6. The Hall–Kier alpha value is -3.62. The molecule has 2 aliphatic rings. The molecule has 0 saturated heterocycles. The van der Waals surface area contributed by atoms with Gasteiger partial charge in [-0.2, -0.15) is 0 Å². The molecule has 0 fully saturated rings. The Morgan fingerprint density at radius 1 is 1.00 bits per heavy atom. The van der Waals surface area contributed by atoms with Crippen molar-refractivity contribution in [2.75, 3.05) is 39.3 Å². The van der Waals surface area contributed by atoms with Gasteiger partial charge in [0.2, 0.25) is 5.91 Å². The van der Waals surface area contributed by atoms with Crippen LogP contribution < -0.4 is 29.6 Å². The van der Waals surface area contributed by atoms with E-state index < -0.39 is 6.04 Å². The molecular formula is C23H27N3O6. The lowest BCUT2D eigenvalue weighted by Gasteiger charge is -2.30. The second kappa shape index (κ2) is 9.25. The third-order valence-corrected chi connectivity index (χ3v) is 5.55. The zero-order chi connectivity index (χ0) is 22.7. The normalized spacial score (nSPS) is 15.3. The average Bonchev–Trinajstić information content (AvgIpc) is 2.82. The smallest absolute Gasteiger partial charge is 0.318 e. The van der Waals surface area contributed by atoms with E-state index in [9.17, 15) is 9.59 Å². The van der Waals surface area contributed by atoms with Crippen LogP contribution in [0.15, 0.2) is 30.3 Å². The van der Waals surface area contributed by atoms with Crippen molar-refractivity contribution in [2.24, 2.45) is 0 Å². The third kappa shape index (κ3) is 4.51. The summed E-state index contributed by atoms with van der Waals surface area (Å²) in [7, 11) is 3.18. The molecule has 2 aliphatic heterocycles. The Balaban J connectivity index is 1.36. The number of hydrogen-bond acceptors (Lipinski definition) is 6. The van der Waals surface area contributed by atoms with Crippen molar-refractivity contribution in [1.29, 1.82) is 0 Å². The van der Waals surface area contributed by atoms with Crippen molar-refractivity contribution < 1.29 is 28.5 Å². The van der Waals surface area contributed by atoms with Crippen LogP contribution in [-0.4, -0.2) is 56.9 Å². The van der Waals surface area contributed by atoms with Gasteiger partial charge in [0, 0.05) is 24.8 Å². The number of carbonyl (C=O) groups is 2. The first-order valence-electron chi connectivity index (χ1n) is 10.5. The highest BCUT2D eigenvalue weighted by atomic mass is 16.6. The highest BCUT2D eigenvalue weighted by Gasteiger charge is 2.25. The number of benzene rings is 2. The fourth-order valence-electron chi connectivity index (χ4n) is 3.77. The van der Waals surface area contributed by atoms with Gasteiger partial charge in [-0.05, 0) is 48.7 Å². The molecule has 2 N–H and O–H groups in total. The minimum absolute atomic E-state index is 0.296. The lowest BCUT2D eigenvalue weighted by atomic mass is 9.99. The molecule has 0 bridgehead atoms. The number of hydrogen-bond donors (Lipinski definition) is 2. The van der Waals surface area contributed by atoms with Gasteiger partial charge in [-0.15, -0.1) is 0 Å². The third-order valence-electron chi connectivity index (χ3n) is 5.55. The lowest BCUT2D eigenvalue weighted by Crippen LogP contribution is -2.49. The van der Waals surface area contributed by atoms with Gasteiger partial charge >= 0.3 is 6.03 Å². The molecular weight excluding hydrogens is 414 g/mol. The Kier molecular flexibility index (Phi) is 6.25. The Labute approximate surface area is 186 Å². The Morgan fingerprint density at radius 3 is 2.41 bits per heavy atom. The number of urea groups is 1. The second-order valence-corrected chi connectivity index (χ2v) is 7.67. The molecule has 0 radical (unpaired) electrons. The molecule has 9 heteroatoms. The monoisotopic (exact) mass is 441 g/mol. The summed E-state index contributed by atoms with van der Waals surface area (Å²) in [6.45, 7) is 3.59. The number of fused-ring (bicyclic) bond motifs is 2. The lowest BCUT2D eigenvalue weighted by molar-refractivity contribution is -0.117. The zero-order valence-electron chi connectivity index (χ0n) is 18.4. The van der Waals surface area contributed by atoms with Gasteiger partial charge in [0.05, 0.1) is 14.2 Å². The van der Waals surface area contributed by atoms with E-state index in [-0.39, 0.29) is 11.9 Å². The Morgan fingerprint density at radius 2 is 1.69 bits per heavy atom. The van der Waals surface area contributed by atoms with E-state index in [0.29, 0.717) is 61.4 Å². The molecule has 9 nitrogen and oxygen atoms in total. The molecule has 0 spiro atoms. The summed E-state index contributed by atoms with van der Waals surface area (Å²) in [5.74, 6) is 2.22. The number of nitrogens with one attached hydrogen (secondary N) is 2. The van der Waals surface area contributed by atoms with Gasteiger partial charge in [0.15, 0.2) is 23.0 Å². The highest BCUT2D eigenvalue weighted by molar-refractivity contribution is 5.97. The van der Waals surface area contributed by atoms with E-state index in [1.807, 2.05) is 12.1 Å². The predicted molar refractivity (Wildman–Crippen MR) is 118 cm³/mol. The minimum atomic E-state index is -0.720. The molecule has 1 atom stereocenters. The first-order valence-corrected chi connectivity index (χ1v) is 10.5. The van der Waals surface area contributed by atoms with E-state index in [0.717, 1.165) is 11.1 Å². The van der Waals surface area contributed by atoms with Crippen LogP contribution >= 0.6 is 0 Å². The SMILES string of the molecule is COc1cc2c(cc1OC)CN(C(=O)NC(C)C(=O)Nc1ccc3c(c1)OCCO3)CC2. The molecule has 2 heterocycles. The van der Waals surface area contributed by atoms with E-state index >= 15 is 0 Å². The van der Waals surface area contributed by atoms with Gasteiger partial charge in [0.25, 0.3) is 0 Å². The van der Waals surface area contributed by atoms with Crippen molar-refractivity contribution in [3.05, 3.63) is 41.5 Å². The summed E-state index contributed by atoms with van der Waals surface area (Å²) < 4.78 is 21.8. The summed E-state index contributed by atoms with van der Waals surface area (Å²) in [6, 6.07) is 8.03. The molecule has 170 valence electrons. The minimum Gasteiger partial charge on any atom is -0.493 e. The number of ether oxygens (including phenoxy) is 4. The number of methoxy groups -OCH3 is 2.